The first-order chi connectivity index (χ1) is 9.81. The minimum Gasteiger partial charge on any atom is -0.476 e. The van der Waals surface area contributed by atoms with Gasteiger partial charge in [0.2, 0.25) is 5.88 Å². The highest BCUT2D eigenvalue weighted by atomic mass is 32.1. The van der Waals surface area contributed by atoms with Crippen LogP contribution in [0.15, 0.2) is 17.9 Å². The zero-order valence-electron chi connectivity index (χ0n) is 11.5. The first-order valence-corrected chi connectivity index (χ1v) is 7.75. The second-order valence-electron chi connectivity index (χ2n) is 4.96. The summed E-state index contributed by atoms with van der Waals surface area (Å²) in [6, 6.07) is 0.677. The molecule has 0 radical (unpaired) electrons. The van der Waals surface area contributed by atoms with Crippen molar-refractivity contribution in [2.24, 2.45) is 0 Å². The van der Waals surface area contributed by atoms with E-state index in [0.29, 0.717) is 18.5 Å². The van der Waals surface area contributed by atoms with Gasteiger partial charge < -0.3 is 10.1 Å². The van der Waals surface area contributed by atoms with Crippen LogP contribution in [0.3, 0.4) is 0 Å². The molecule has 2 heterocycles. The maximum Gasteiger partial charge on any atom is 0.232 e. The Kier molecular flexibility index (Phi) is 4.22. The molecule has 0 atom stereocenters. The van der Waals surface area contributed by atoms with Crippen molar-refractivity contribution in [3.8, 4) is 5.88 Å². The number of hydrogen-bond acceptors (Lipinski definition) is 6. The Labute approximate surface area is 122 Å². The van der Waals surface area contributed by atoms with E-state index in [1.54, 1.807) is 23.7 Å². The molecule has 6 heteroatoms. The van der Waals surface area contributed by atoms with E-state index < -0.39 is 0 Å². The molecule has 3 rings (SSSR count). The number of aromatic nitrogens is 3. The number of ether oxygens (including phenoxy) is 1. The molecule has 1 saturated carbocycles. The number of nitrogens with zero attached hydrogens (tertiary/aromatic N) is 3. The molecule has 0 saturated heterocycles. The third-order valence-electron chi connectivity index (χ3n) is 3.24. The van der Waals surface area contributed by atoms with Crippen LogP contribution in [0, 0.1) is 6.92 Å². The van der Waals surface area contributed by atoms with Crippen LogP contribution in [-0.2, 0) is 13.0 Å². The number of hydrogen-bond donors (Lipinski definition) is 1. The van der Waals surface area contributed by atoms with Crippen molar-refractivity contribution >= 4 is 11.3 Å². The lowest BCUT2D eigenvalue weighted by molar-refractivity contribution is 0.307. The monoisotopic (exact) mass is 290 g/mol. The predicted molar refractivity (Wildman–Crippen MR) is 77.9 cm³/mol. The Bertz CT molecular complexity index is 568. The molecular weight excluding hydrogens is 272 g/mol. The quantitative estimate of drug-likeness (QED) is 0.846. The zero-order valence-corrected chi connectivity index (χ0v) is 12.3. The molecule has 0 unspecified atom stereocenters. The van der Waals surface area contributed by atoms with Gasteiger partial charge in [-0.05, 0) is 19.8 Å². The highest BCUT2D eigenvalue weighted by Crippen LogP contribution is 2.19. The summed E-state index contributed by atoms with van der Waals surface area (Å²) in [7, 11) is 0. The van der Waals surface area contributed by atoms with Gasteiger partial charge >= 0.3 is 0 Å². The van der Waals surface area contributed by atoms with E-state index >= 15 is 0 Å². The van der Waals surface area contributed by atoms with Gasteiger partial charge in [0, 0.05) is 30.1 Å². The predicted octanol–water partition coefficient (Wildman–Crippen LogP) is 2.12. The molecule has 0 bridgehead atoms. The average Bonchev–Trinajstić information content (AvgIpc) is 3.20. The fourth-order valence-electron chi connectivity index (χ4n) is 1.89. The number of thiazole rings is 1. The lowest BCUT2D eigenvalue weighted by Gasteiger charge is -2.06. The van der Waals surface area contributed by atoms with Crippen molar-refractivity contribution in [3.63, 3.8) is 0 Å². The van der Waals surface area contributed by atoms with E-state index in [-0.39, 0.29) is 0 Å². The second kappa shape index (κ2) is 6.28. The maximum absolute atomic E-state index is 5.67. The van der Waals surface area contributed by atoms with Crippen molar-refractivity contribution in [3.05, 3.63) is 34.2 Å². The van der Waals surface area contributed by atoms with E-state index in [0.717, 1.165) is 24.4 Å². The van der Waals surface area contributed by atoms with Crippen LogP contribution >= 0.6 is 11.3 Å². The minimum absolute atomic E-state index is 0.599. The summed E-state index contributed by atoms with van der Waals surface area (Å²) in [4.78, 5) is 14.1. The second-order valence-corrected chi connectivity index (χ2v) is 5.90. The minimum atomic E-state index is 0.599. The normalized spacial score (nSPS) is 14.4. The third-order valence-corrected chi connectivity index (χ3v) is 4.23. The van der Waals surface area contributed by atoms with E-state index in [1.807, 2.05) is 12.4 Å². The lowest BCUT2D eigenvalue weighted by atomic mass is 10.3. The summed E-state index contributed by atoms with van der Waals surface area (Å²) >= 11 is 1.67. The molecule has 1 aliphatic rings. The number of aryl methyl sites for hydroxylation is 1. The molecule has 0 amide bonds. The lowest BCUT2D eigenvalue weighted by Crippen LogP contribution is -2.16. The molecule has 106 valence electrons. The van der Waals surface area contributed by atoms with Gasteiger partial charge in [0.25, 0.3) is 0 Å². The Morgan fingerprint density at radius 1 is 1.40 bits per heavy atom. The van der Waals surface area contributed by atoms with Crippen molar-refractivity contribution in [2.75, 3.05) is 6.61 Å². The largest absolute Gasteiger partial charge is 0.476 e. The summed E-state index contributed by atoms with van der Waals surface area (Å²) < 4.78 is 5.67. The van der Waals surface area contributed by atoms with Crippen LogP contribution in [0.25, 0.3) is 0 Å². The standard InChI is InChI=1S/C14H18N4OS/c1-10-13(20-9-17-10)4-5-19-14-8-15-6-12(18-14)7-16-11-2-3-11/h6,8-9,11,16H,2-5,7H2,1H3. The Balaban J connectivity index is 1.49. The van der Waals surface area contributed by atoms with E-state index in [4.69, 9.17) is 4.74 Å². The van der Waals surface area contributed by atoms with Gasteiger partial charge in [0.05, 0.1) is 29.7 Å². The summed E-state index contributed by atoms with van der Waals surface area (Å²) in [6.07, 6.45) is 6.87. The van der Waals surface area contributed by atoms with Crippen LogP contribution in [0.4, 0.5) is 0 Å². The van der Waals surface area contributed by atoms with Gasteiger partial charge in [-0.2, -0.15) is 0 Å². The molecule has 1 N–H and O–H groups in total. The van der Waals surface area contributed by atoms with Crippen LogP contribution in [0.2, 0.25) is 0 Å². The SMILES string of the molecule is Cc1ncsc1CCOc1cncc(CNC2CC2)n1. The fourth-order valence-corrected chi connectivity index (χ4v) is 2.65. The molecule has 0 spiro atoms. The van der Waals surface area contributed by atoms with Gasteiger partial charge in [-0.3, -0.25) is 4.98 Å². The summed E-state index contributed by atoms with van der Waals surface area (Å²) in [5.41, 5.74) is 3.89. The molecule has 2 aromatic rings. The van der Waals surface area contributed by atoms with Gasteiger partial charge in [0.1, 0.15) is 0 Å². The Hall–Kier alpha value is -1.53. The smallest absolute Gasteiger partial charge is 0.232 e. The van der Waals surface area contributed by atoms with Crippen molar-refractivity contribution in [1.29, 1.82) is 0 Å². The van der Waals surface area contributed by atoms with Gasteiger partial charge in [-0.1, -0.05) is 0 Å². The van der Waals surface area contributed by atoms with Gasteiger partial charge in [-0.25, -0.2) is 9.97 Å². The molecule has 1 aliphatic carbocycles. The topological polar surface area (TPSA) is 59.9 Å². The zero-order chi connectivity index (χ0) is 13.8. The number of nitrogens with one attached hydrogen (secondary N) is 1. The Morgan fingerprint density at radius 2 is 2.30 bits per heavy atom. The van der Waals surface area contributed by atoms with E-state index in [9.17, 15) is 0 Å². The van der Waals surface area contributed by atoms with Gasteiger partial charge in [0.15, 0.2) is 0 Å². The van der Waals surface area contributed by atoms with Crippen molar-refractivity contribution in [1.82, 2.24) is 20.3 Å². The number of rotatable bonds is 7. The van der Waals surface area contributed by atoms with Crippen LogP contribution in [0.5, 0.6) is 5.88 Å². The average molecular weight is 290 g/mol. The molecule has 20 heavy (non-hydrogen) atoms. The fraction of sp³-hybridized carbons (Fsp3) is 0.500. The first kappa shape index (κ1) is 13.5. The molecule has 1 fully saturated rings. The Morgan fingerprint density at radius 3 is 3.05 bits per heavy atom. The molecule has 5 nitrogen and oxygen atoms in total. The summed E-state index contributed by atoms with van der Waals surface area (Å²) in [6.45, 7) is 3.40. The molecule has 0 aliphatic heterocycles. The molecule has 0 aromatic carbocycles. The third kappa shape index (κ3) is 3.74. The van der Waals surface area contributed by atoms with Crippen molar-refractivity contribution < 1.29 is 4.74 Å². The first-order valence-electron chi connectivity index (χ1n) is 6.87. The highest BCUT2D eigenvalue weighted by molar-refractivity contribution is 7.09. The van der Waals surface area contributed by atoms with Crippen LogP contribution in [0.1, 0.15) is 29.1 Å². The highest BCUT2D eigenvalue weighted by Gasteiger charge is 2.20. The van der Waals surface area contributed by atoms with Crippen molar-refractivity contribution in [2.45, 2.75) is 38.8 Å². The van der Waals surface area contributed by atoms with Gasteiger partial charge in [-0.15, -0.1) is 11.3 Å². The summed E-state index contributed by atoms with van der Waals surface area (Å²) in [5.74, 6) is 0.599. The maximum atomic E-state index is 5.67. The van der Waals surface area contributed by atoms with Crippen LogP contribution in [-0.4, -0.2) is 27.6 Å². The summed E-state index contributed by atoms with van der Waals surface area (Å²) in [5, 5.41) is 3.42. The molecule has 2 aromatic heterocycles. The van der Waals surface area contributed by atoms with Crippen LogP contribution < -0.4 is 10.1 Å². The molecular formula is C14H18N4OS. The van der Waals surface area contributed by atoms with E-state index in [2.05, 4.69) is 20.3 Å². The van der Waals surface area contributed by atoms with E-state index in [1.165, 1.54) is 17.7 Å².